The minimum Gasteiger partial charge on any atom is -0.458 e. The van der Waals surface area contributed by atoms with Crippen LogP contribution in [0.3, 0.4) is 0 Å². The quantitative estimate of drug-likeness (QED) is 0.707. The molecular formula is C13H19NO4. The summed E-state index contributed by atoms with van der Waals surface area (Å²) in [4.78, 5) is 15.5. The van der Waals surface area contributed by atoms with Gasteiger partial charge in [-0.2, -0.15) is 0 Å². The summed E-state index contributed by atoms with van der Waals surface area (Å²) in [6, 6.07) is 3.46. The molecule has 1 aromatic heterocycles. The number of pyridine rings is 1. The summed E-state index contributed by atoms with van der Waals surface area (Å²) in [6.07, 6.45) is 3.77. The van der Waals surface area contributed by atoms with E-state index in [1.807, 2.05) is 6.07 Å². The lowest BCUT2D eigenvalue weighted by Gasteiger charge is -2.08. The van der Waals surface area contributed by atoms with Crippen LogP contribution in [0, 0.1) is 0 Å². The summed E-state index contributed by atoms with van der Waals surface area (Å²) in [5.41, 5.74) is 1.30. The molecule has 1 aromatic rings. The van der Waals surface area contributed by atoms with Gasteiger partial charge < -0.3 is 14.9 Å². The molecule has 1 unspecified atom stereocenters. The number of ether oxygens (including phenoxy) is 1. The smallest absolute Gasteiger partial charge is 0.357 e. The third kappa shape index (κ3) is 4.81. The van der Waals surface area contributed by atoms with Crippen molar-refractivity contribution in [2.24, 2.45) is 0 Å². The van der Waals surface area contributed by atoms with Crippen LogP contribution in [0.2, 0.25) is 0 Å². The van der Waals surface area contributed by atoms with E-state index < -0.39 is 18.7 Å². The molecule has 0 saturated heterocycles. The minimum absolute atomic E-state index is 0.209. The number of aliphatic hydroxyl groups is 2. The third-order valence-corrected chi connectivity index (χ3v) is 2.47. The van der Waals surface area contributed by atoms with E-state index in [1.165, 1.54) is 0 Å². The monoisotopic (exact) mass is 253 g/mol. The Hall–Kier alpha value is -1.46. The highest BCUT2D eigenvalue weighted by molar-refractivity contribution is 5.87. The molecule has 0 fully saturated rings. The van der Waals surface area contributed by atoms with Gasteiger partial charge in [-0.3, -0.25) is 0 Å². The normalized spacial score (nSPS) is 12.2. The SMILES string of the molecule is CCCCc1ccc(C(=O)OCC(O)CO)nc1. The second kappa shape index (κ2) is 7.79. The first-order chi connectivity index (χ1) is 8.67. The van der Waals surface area contributed by atoms with Gasteiger partial charge in [0.1, 0.15) is 18.4 Å². The number of esters is 1. The zero-order valence-corrected chi connectivity index (χ0v) is 10.5. The Morgan fingerprint density at radius 2 is 2.28 bits per heavy atom. The van der Waals surface area contributed by atoms with E-state index in [4.69, 9.17) is 14.9 Å². The van der Waals surface area contributed by atoms with E-state index in [0.717, 1.165) is 24.8 Å². The summed E-state index contributed by atoms with van der Waals surface area (Å²) in [7, 11) is 0. The molecule has 1 heterocycles. The number of nitrogens with zero attached hydrogens (tertiary/aromatic N) is 1. The van der Waals surface area contributed by atoms with Crippen LogP contribution in [0.4, 0.5) is 0 Å². The molecule has 0 aliphatic carbocycles. The fourth-order valence-electron chi connectivity index (χ4n) is 1.37. The predicted octanol–water partition coefficient (Wildman–Crippen LogP) is 0.934. The number of carbonyl (C=O) groups is 1. The minimum atomic E-state index is -1.04. The van der Waals surface area contributed by atoms with Crippen molar-refractivity contribution in [2.75, 3.05) is 13.2 Å². The highest BCUT2D eigenvalue weighted by Crippen LogP contribution is 2.06. The molecule has 0 amide bonds. The van der Waals surface area contributed by atoms with Crippen molar-refractivity contribution in [1.82, 2.24) is 4.98 Å². The summed E-state index contributed by atoms with van der Waals surface area (Å²) < 4.78 is 4.79. The Balaban J connectivity index is 2.48. The van der Waals surface area contributed by atoms with Crippen molar-refractivity contribution in [3.05, 3.63) is 29.6 Å². The number of carbonyl (C=O) groups excluding carboxylic acids is 1. The van der Waals surface area contributed by atoms with Crippen molar-refractivity contribution in [2.45, 2.75) is 32.3 Å². The molecule has 0 aromatic carbocycles. The van der Waals surface area contributed by atoms with E-state index in [0.29, 0.717) is 0 Å². The highest BCUT2D eigenvalue weighted by Gasteiger charge is 2.11. The molecule has 5 heteroatoms. The van der Waals surface area contributed by atoms with E-state index >= 15 is 0 Å². The van der Waals surface area contributed by atoms with Crippen LogP contribution in [0.1, 0.15) is 35.8 Å². The molecule has 0 radical (unpaired) electrons. The molecule has 0 saturated carbocycles. The number of hydrogen-bond acceptors (Lipinski definition) is 5. The van der Waals surface area contributed by atoms with Crippen LogP contribution in [0.5, 0.6) is 0 Å². The van der Waals surface area contributed by atoms with Crippen LogP contribution in [-0.2, 0) is 11.2 Å². The van der Waals surface area contributed by atoms with Gasteiger partial charge >= 0.3 is 5.97 Å². The molecule has 5 nitrogen and oxygen atoms in total. The van der Waals surface area contributed by atoms with Crippen LogP contribution in [0.15, 0.2) is 18.3 Å². The Morgan fingerprint density at radius 3 is 2.83 bits per heavy atom. The highest BCUT2D eigenvalue weighted by atomic mass is 16.5. The zero-order chi connectivity index (χ0) is 13.4. The molecule has 1 rings (SSSR count). The maximum atomic E-state index is 11.5. The molecule has 0 bridgehead atoms. The van der Waals surface area contributed by atoms with E-state index in [-0.39, 0.29) is 12.3 Å². The summed E-state index contributed by atoms with van der Waals surface area (Å²) in [5.74, 6) is -0.593. The number of aryl methyl sites for hydroxylation is 1. The van der Waals surface area contributed by atoms with Crippen LogP contribution in [0.25, 0.3) is 0 Å². The van der Waals surface area contributed by atoms with Crippen molar-refractivity contribution < 1.29 is 19.7 Å². The number of unbranched alkanes of at least 4 members (excludes halogenated alkanes) is 1. The predicted molar refractivity (Wildman–Crippen MR) is 66.2 cm³/mol. The average Bonchev–Trinajstić information content (AvgIpc) is 2.42. The van der Waals surface area contributed by atoms with Crippen molar-refractivity contribution in [3.63, 3.8) is 0 Å². The lowest BCUT2D eigenvalue weighted by atomic mass is 10.1. The molecule has 0 spiro atoms. The number of rotatable bonds is 7. The fourth-order valence-corrected chi connectivity index (χ4v) is 1.37. The molecule has 0 aliphatic rings. The first-order valence-electron chi connectivity index (χ1n) is 6.08. The molecule has 18 heavy (non-hydrogen) atoms. The molecule has 0 aliphatic heterocycles. The molecular weight excluding hydrogens is 234 g/mol. The molecule has 1 atom stereocenters. The van der Waals surface area contributed by atoms with Gasteiger partial charge in [-0.05, 0) is 24.5 Å². The fraction of sp³-hybridized carbons (Fsp3) is 0.538. The second-order valence-electron chi connectivity index (χ2n) is 4.09. The zero-order valence-electron chi connectivity index (χ0n) is 10.5. The summed E-state index contributed by atoms with van der Waals surface area (Å²) in [5, 5.41) is 17.6. The van der Waals surface area contributed by atoms with E-state index in [1.54, 1.807) is 12.3 Å². The van der Waals surface area contributed by atoms with Gasteiger partial charge in [0.2, 0.25) is 0 Å². The lowest BCUT2D eigenvalue weighted by Crippen LogP contribution is -2.22. The molecule has 2 N–H and O–H groups in total. The Kier molecular flexibility index (Phi) is 6.32. The average molecular weight is 253 g/mol. The van der Waals surface area contributed by atoms with Crippen molar-refractivity contribution in [3.8, 4) is 0 Å². The van der Waals surface area contributed by atoms with Crippen LogP contribution >= 0.6 is 0 Å². The Bertz CT molecular complexity index is 364. The first kappa shape index (κ1) is 14.6. The second-order valence-corrected chi connectivity index (χ2v) is 4.09. The largest absolute Gasteiger partial charge is 0.458 e. The van der Waals surface area contributed by atoms with E-state index in [2.05, 4.69) is 11.9 Å². The first-order valence-corrected chi connectivity index (χ1v) is 6.08. The maximum absolute atomic E-state index is 11.5. The van der Waals surface area contributed by atoms with Crippen LogP contribution in [-0.4, -0.2) is 40.5 Å². The topological polar surface area (TPSA) is 79.7 Å². The van der Waals surface area contributed by atoms with E-state index in [9.17, 15) is 4.79 Å². The van der Waals surface area contributed by atoms with Crippen LogP contribution < -0.4 is 0 Å². The van der Waals surface area contributed by atoms with Gasteiger partial charge in [0.05, 0.1) is 6.61 Å². The van der Waals surface area contributed by atoms with Crippen molar-refractivity contribution >= 4 is 5.97 Å². The Labute approximate surface area is 106 Å². The Morgan fingerprint density at radius 1 is 1.50 bits per heavy atom. The van der Waals surface area contributed by atoms with Crippen molar-refractivity contribution in [1.29, 1.82) is 0 Å². The number of hydrogen-bond donors (Lipinski definition) is 2. The lowest BCUT2D eigenvalue weighted by molar-refractivity contribution is 0.00888. The number of aliphatic hydroxyl groups excluding tert-OH is 2. The summed E-state index contributed by atoms with van der Waals surface area (Å²) >= 11 is 0. The van der Waals surface area contributed by atoms with Gasteiger partial charge in [-0.15, -0.1) is 0 Å². The van der Waals surface area contributed by atoms with Gasteiger partial charge in [0.15, 0.2) is 0 Å². The standard InChI is InChI=1S/C13H19NO4/c1-2-3-4-10-5-6-12(14-7-10)13(17)18-9-11(16)8-15/h5-7,11,15-16H,2-4,8-9H2,1H3. The third-order valence-electron chi connectivity index (χ3n) is 2.47. The molecule has 100 valence electrons. The summed E-state index contributed by atoms with van der Waals surface area (Å²) in [6.45, 7) is 1.46. The maximum Gasteiger partial charge on any atom is 0.357 e. The number of aromatic nitrogens is 1. The van der Waals surface area contributed by atoms with Gasteiger partial charge in [-0.1, -0.05) is 19.4 Å². The van der Waals surface area contributed by atoms with Gasteiger partial charge in [0, 0.05) is 6.20 Å². The van der Waals surface area contributed by atoms with Gasteiger partial charge in [0.25, 0.3) is 0 Å². The van der Waals surface area contributed by atoms with Gasteiger partial charge in [-0.25, -0.2) is 9.78 Å².